The topological polar surface area (TPSA) is 42.0 Å². The first kappa shape index (κ1) is 24.2. The van der Waals surface area contributed by atoms with Crippen LogP contribution in [0.2, 0.25) is 0 Å². The van der Waals surface area contributed by atoms with Gasteiger partial charge in [-0.25, -0.2) is 0 Å². The van der Waals surface area contributed by atoms with E-state index in [4.69, 9.17) is 4.74 Å². The number of likely N-dealkylation sites (N-methyl/N-ethyl adjacent to an activating group) is 1. The molecule has 0 radical (unpaired) electrons. The third-order valence-corrected chi connectivity index (χ3v) is 5.09. The van der Waals surface area contributed by atoms with Crippen LogP contribution in [-0.4, -0.2) is 43.0 Å². The molecule has 5 nitrogen and oxygen atoms in total. The molecule has 0 heterocycles. The number of hydrogen-bond acceptors (Lipinski definition) is 4. The number of rotatable bonds is 11. The summed E-state index contributed by atoms with van der Waals surface area (Å²) >= 11 is 0. The van der Waals surface area contributed by atoms with E-state index in [0.29, 0.717) is 19.6 Å². The number of benzene rings is 3. The van der Waals surface area contributed by atoms with Crippen molar-refractivity contribution in [1.82, 2.24) is 9.80 Å². The van der Waals surface area contributed by atoms with Crippen LogP contribution in [0.5, 0.6) is 11.5 Å². The molecular weight excluding hydrogens is 426 g/mol. The quantitative estimate of drug-likeness (QED) is 0.411. The second-order valence-corrected chi connectivity index (χ2v) is 7.76. The fraction of sp³-hybridized carbons (Fsp3) is 0.269. The van der Waals surface area contributed by atoms with E-state index in [1.54, 1.807) is 12.1 Å². The molecule has 0 aromatic heterocycles. The van der Waals surface area contributed by atoms with Crippen molar-refractivity contribution < 1.29 is 23.0 Å². The van der Waals surface area contributed by atoms with Gasteiger partial charge in [-0.2, -0.15) is 8.78 Å². The van der Waals surface area contributed by atoms with Crippen LogP contribution in [-0.2, 0) is 24.4 Å². The summed E-state index contributed by atoms with van der Waals surface area (Å²) < 4.78 is 34.7. The van der Waals surface area contributed by atoms with Crippen molar-refractivity contribution in [3.05, 3.63) is 95.6 Å². The Bertz CT molecular complexity index is 975. The Kier molecular flexibility index (Phi) is 8.78. The minimum absolute atomic E-state index is 0.00479. The van der Waals surface area contributed by atoms with Crippen molar-refractivity contribution in [2.45, 2.75) is 26.2 Å². The maximum atomic E-state index is 13.2. The minimum atomic E-state index is -2.93. The van der Waals surface area contributed by atoms with Crippen molar-refractivity contribution in [3.8, 4) is 11.5 Å². The van der Waals surface area contributed by atoms with Gasteiger partial charge in [0.05, 0.1) is 13.7 Å². The number of ether oxygens (including phenoxy) is 2. The van der Waals surface area contributed by atoms with Crippen LogP contribution in [0.1, 0.15) is 16.7 Å². The van der Waals surface area contributed by atoms with E-state index in [9.17, 15) is 13.6 Å². The van der Waals surface area contributed by atoms with Gasteiger partial charge in [-0.15, -0.1) is 0 Å². The van der Waals surface area contributed by atoms with Crippen molar-refractivity contribution in [3.63, 3.8) is 0 Å². The fourth-order valence-corrected chi connectivity index (χ4v) is 3.54. The average molecular weight is 455 g/mol. The fourth-order valence-electron chi connectivity index (χ4n) is 3.54. The van der Waals surface area contributed by atoms with Crippen molar-refractivity contribution in [2.75, 3.05) is 20.7 Å². The highest BCUT2D eigenvalue weighted by Gasteiger charge is 2.18. The monoisotopic (exact) mass is 454 g/mol. The Morgan fingerprint density at radius 1 is 0.818 bits per heavy atom. The van der Waals surface area contributed by atoms with Gasteiger partial charge in [0.15, 0.2) is 11.5 Å². The van der Waals surface area contributed by atoms with E-state index >= 15 is 0 Å². The van der Waals surface area contributed by atoms with Gasteiger partial charge in [-0.05, 0) is 35.9 Å². The molecule has 3 rings (SSSR count). The molecule has 0 bridgehead atoms. The lowest BCUT2D eigenvalue weighted by molar-refractivity contribution is -0.133. The smallest absolute Gasteiger partial charge is 0.387 e. The van der Waals surface area contributed by atoms with E-state index in [2.05, 4.69) is 4.74 Å². The van der Waals surface area contributed by atoms with Crippen molar-refractivity contribution in [1.29, 1.82) is 0 Å². The Hall–Kier alpha value is -3.45. The number of halogens is 2. The third kappa shape index (κ3) is 7.57. The van der Waals surface area contributed by atoms with E-state index in [-0.39, 0.29) is 24.0 Å². The van der Waals surface area contributed by atoms with Crippen molar-refractivity contribution >= 4 is 5.91 Å². The van der Waals surface area contributed by atoms with Crippen LogP contribution in [0.4, 0.5) is 8.78 Å². The minimum Gasteiger partial charge on any atom is -0.493 e. The molecule has 0 N–H and O–H groups in total. The van der Waals surface area contributed by atoms with Gasteiger partial charge < -0.3 is 14.4 Å². The zero-order valence-electron chi connectivity index (χ0n) is 18.8. The van der Waals surface area contributed by atoms with Gasteiger partial charge in [0, 0.05) is 19.6 Å². The number of methoxy groups -OCH3 is 1. The number of alkyl halides is 2. The first-order valence-electron chi connectivity index (χ1n) is 10.6. The SMILES string of the molecule is COc1cc(CN(C)CC(=O)N(Cc2ccccc2)Cc2ccccc2)ccc1OC(F)F. The summed E-state index contributed by atoms with van der Waals surface area (Å²) in [5.41, 5.74) is 2.94. The molecule has 3 aromatic carbocycles. The van der Waals surface area contributed by atoms with Gasteiger partial charge >= 0.3 is 6.61 Å². The molecule has 0 aliphatic rings. The highest BCUT2D eigenvalue weighted by atomic mass is 19.3. The largest absolute Gasteiger partial charge is 0.493 e. The second-order valence-electron chi connectivity index (χ2n) is 7.76. The van der Waals surface area contributed by atoms with Crippen LogP contribution in [0.3, 0.4) is 0 Å². The van der Waals surface area contributed by atoms with E-state index < -0.39 is 6.61 Å². The van der Waals surface area contributed by atoms with E-state index in [1.165, 1.54) is 13.2 Å². The lowest BCUT2D eigenvalue weighted by Crippen LogP contribution is -2.38. The van der Waals surface area contributed by atoms with Gasteiger partial charge in [0.1, 0.15) is 0 Å². The summed E-state index contributed by atoms with van der Waals surface area (Å²) in [7, 11) is 3.24. The van der Waals surface area contributed by atoms with Crippen LogP contribution >= 0.6 is 0 Å². The average Bonchev–Trinajstić information content (AvgIpc) is 2.80. The van der Waals surface area contributed by atoms with Gasteiger partial charge in [-0.3, -0.25) is 9.69 Å². The molecule has 0 aliphatic heterocycles. The standard InChI is InChI=1S/C26H28F2N2O3/c1-29(16-22-13-14-23(33-26(27)28)24(15-22)32-2)19-25(31)30(17-20-9-5-3-6-10-20)18-21-11-7-4-8-12-21/h3-15,26H,16-19H2,1-2H3. The molecule has 1 amide bonds. The van der Waals surface area contributed by atoms with Gasteiger partial charge in [0.25, 0.3) is 0 Å². The van der Waals surface area contributed by atoms with Gasteiger partial charge in [-0.1, -0.05) is 66.7 Å². The maximum Gasteiger partial charge on any atom is 0.387 e. The molecule has 0 atom stereocenters. The Morgan fingerprint density at radius 2 is 1.39 bits per heavy atom. The number of amides is 1. The summed E-state index contributed by atoms with van der Waals surface area (Å²) in [5.74, 6) is 0.198. The molecule has 3 aromatic rings. The lowest BCUT2D eigenvalue weighted by atomic mass is 10.1. The second kappa shape index (κ2) is 12.0. The molecular formula is C26H28F2N2O3. The van der Waals surface area contributed by atoms with Crippen LogP contribution < -0.4 is 9.47 Å². The number of carbonyl (C=O) groups excluding carboxylic acids is 1. The van der Waals surface area contributed by atoms with E-state index in [1.807, 2.05) is 77.5 Å². The molecule has 0 fully saturated rings. The highest BCUT2D eigenvalue weighted by Crippen LogP contribution is 2.29. The Balaban J connectivity index is 1.67. The number of hydrogen-bond donors (Lipinski definition) is 0. The Morgan fingerprint density at radius 3 is 1.91 bits per heavy atom. The van der Waals surface area contributed by atoms with Crippen LogP contribution in [0, 0.1) is 0 Å². The Labute approximate surface area is 193 Å². The molecule has 7 heteroatoms. The summed E-state index contributed by atoms with van der Waals surface area (Å²) in [6, 6.07) is 24.5. The third-order valence-electron chi connectivity index (χ3n) is 5.09. The first-order chi connectivity index (χ1) is 15.9. The zero-order chi connectivity index (χ0) is 23.6. The molecule has 0 saturated heterocycles. The van der Waals surface area contributed by atoms with Crippen LogP contribution in [0.25, 0.3) is 0 Å². The lowest BCUT2D eigenvalue weighted by Gasteiger charge is -2.26. The molecule has 0 saturated carbocycles. The molecule has 0 spiro atoms. The summed E-state index contributed by atoms with van der Waals surface area (Å²) in [6.07, 6.45) is 0. The highest BCUT2D eigenvalue weighted by molar-refractivity contribution is 5.78. The van der Waals surface area contributed by atoms with Crippen molar-refractivity contribution in [2.24, 2.45) is 0 Å². The van der Waals surface area contributed by atoms with Gasteiger partial charge in [0.2, 0.25) is 5.91 Å². The number of nitrogens with zero attached hydrogens (tertiary/aromatic N) is 2. The molecule has 0 unspecified atom stereocenters. The van der Waals surface area contributed by atoms with Crippen LogP contribution in [0.15, 0.2) is 78.9 Å². The first-order valence-corrected chi connectivity index (χ1v) is 10.6. The molecule has 0 aliphatic carbocycles. The summed E-state index contributed by atoms with van der Waals surface area (Å²) in [4.78, 5) is 16.9. The molecule has 174 valence electrons. The number of carbonyl (C=O) groups is 1. The predicted molar refractivity (Wildman–Crippen MR) is 123 cm³/mol. The van der Waals surface area contributed by atoms with E-state index in [0.717, 1.165) is 16.7 Å². The predicted octanol–water partition coefficient (Wildman–Crippen LogP) is 4.96. The summed E-state index contributed by atoms with van der Waals surface area (Å²) in [6.45, 7) is -1.25. The molecule has 33 heavy (non-hydrogen) atoms. The summed E-state index contributed by atoms with van der Waals surface area (Å²) in [5, 5.41) is 0. The normalized spacial score (nSPS) is 11.0. The zero-order valence-corrected chi connectivity index (χ0v) is 18.8. The maximum absolute atomic E-state index is 13.2.